The maximum atomic E-state index is 13.0. The normalized spacial score (nSPS) is 12.7. The SMILES string of the molecule is CCNC(c1ccc(F)cc1)c1cc(Br)sc1C. The molecule has 0 spiro atoms. The van der Waals surface area contributed by atoms with Gasteiger partial charge in [-0.25, -0.2) is 4.39 Å². The average molecular weight is 328 g/mol. The molecule has 0 saturated heterocycles. The molecule has 0 radical (unpaired) electrons. The van der Waals surface area contributed by atoms with Gasteiger partial charge in [0.25, 0.3) is 0 Å². The summed E-state index contributed by atoms with van der Waals surface area (Å²) in [7, 11) is 0. The average Bonchev–Trinajstić information content (AvgIpc) is 2.67. The van der Waals surface area contributed by atoms with E-state index in [-0.39, 0.29) is 11.9 Å². The second kappa shape index (κ2) is 5.95. The maximum Gasteiger partial charge on any atom is 0.123 e. The van der Waals surface area contributed by atoms with Gasteiger partial charge in [-0.2, -0.15) is 0 Å². The van der Waals surface area contributed by atoms with Gasteiger partial charge in [0.05, 0.1) is 9.83 Å². The Hall–Kier alpha value is -0.710. The highest BCUT2D eigenvalue weighted by Gasteiger charge is 2.17. The van der Waals surface area contributed by atoms with Crippen LogP contribution in [0.15, 0.2) is 34.1 Å². The van der Waals surface area contributed by atoms with Gasteiger partial charge < -0.3 is 5.32 Å². The standard InChI is InChI=1S/C14H15BrFNS/c1-3-17-14(10-4-6-11(16)7-5-10)12-8-13(15)18-9(12)2/h4-8,14,17H,3H2,1-2H3. The number of hydrogen-bond acceptors (Lipinski definition) is 2. The fourth-order valence-electron chi connectivity index (χ4n) is 2.01. The van der Waals surface area contributed by atoms with Crippen molar-refractivity contribution >= 4 is 27.3 Å². The van der Waals surface area contributed by atoms with Crippen LogP contribution >= 0.6 is 27.3 Å². The molecule has 1 nitrogen and oxygen atoms in total. The molecular formula is C14H15BrFNS. The van der Waals surface area contributed by atoms with Crippen LogP contribution in [0.3, 0.4) is 0 Å². The van der Waals surface area contributed by atoms with Crippen LogP contribution in [0.2, 0.25) is 0 Å². The first-order valence-corrected chi connectivity index (χ1v) is 7.47. The molecule has 0 saturated carbocycles. The predicted octanol–water partition coefficient (Wildman–Crippen LogP) is 4.66. The summed E-state index contributed by atoms with van der Waals surface area (Å²) in [5.41, 5.74) is 2.34. The molecule has 1 N–H and O–H groups in total. The summed E-state index contributed by atoms with van der Waals surface area (Å²) in [4.78, 5) is 1.28. The van der Waals surface area contributed by atoms with Gasteiger partial charge >= 0.3 is 0 Å². The van der Waals surface area contributed by atoms with Crippen molar-refractivity contribution in [3.8, 4) is 0 Å². The summed E-state index contributed by atoms with van der Waals surface area (Å²) >= 11 is 5.24. The van der Waals surface area contributed by atoms with E-state index >= 15 is 0 Å². The molecule has 1 heterocycles. The van der Waals surface area contributed by atoms with Crippen molar-refractivity contribution in [3.05, 3.63) is 55.9 Å². The van der Waals surface area contributed by atoms with E-state index in [0.29, 0.717) is 0 Å². The fourth-order valence-corrected chi connectivity index (χ4v) is 3.76. The predicted molar refractivity (Wildman–Crippen MR) is 78.7 cm³/mol. The lowest BCUT2D eigenvalue weighted by molar-refractivity contribution is 0.613. The van der Waals surface area contributed by atoms with Crippen molar-refractivity contribution in [2.45, 2.75) is 19.9 Å². The Morgan fingerprint density at radius 2 is 2.00 bits per heavy atom. The number of benzene rings is 1. The molecule has 96 valence electrons. The minimum Gasteiger partial charge on any atom is -0.306 e. The van der Waals surface area contributed by atoms with E-state index in [4.69, 9.17) is 0 Å². The molecule has 0 aliphatic rings. The zero-order valence-corrected chi connectivity index (χ0v) is 12.7. The highest BCUT2D eigenvalue weighted by Crippen LogP contribution is 2.33. The quantitative estimate of drug-likeness (QED) is 0.861. The Bertz CT molecular complexity index is 521. The molecule has 0 fully saturated rings. The highest BCUT2D eigenvalue weighted by molar-refractivity contribution is 9.11. The van der Waals surface area contributed by atoms with E-state index in [0.717, 1.165) is 15.9 Å². The molecule has 0 aliphatic heterocycles. The molecule has 1 unspecified atom stereocenters. The lowest BCUT2D eigenvalue weighted by Gasteiger charge is -2.18. The Labute approximate surface area is 119 Å². The highest BCUT2D eigenvalue weighted by atomic mass is 79.9. The van der Waals surface area contributed by atoms with E-state index in [1.165, 1.54) is 22.6 Å². The van der Waals surface area contributed by atoms with Crippen LogP contribution in [-0.2, 0) is 0 Å². The van der Waals surface area contributed by atoms with Gasteiger partial charge in [-0.1, -0.05) is 19.1 Å². The van der Waals surface area contributed by atoms with Crippen molar-refractivity contribution in [2.24, 2.45) is 0 Å². The summed E-state index contributed by atoms with van der Waals surface area (Å²) in [5.74, 6) is -0.197. The molecule has 0 bridgehead atoms. The van der Waals surface area contributed by atoms with Crippen molar-refractivity contribution in [1.82, 2.24) is 5.32 Å². The number of aryl methyl sites for hydroxylation is 1. The summed E-state index contributed by atoms with van der Waals surface area (Å²) in [6.07, 6.45) is 0. The zero-order chi connectivity index (χ0) is 13.1. The van der Waals surface area contributed by atoms with E-state index < -0.39 is 0 Å². The van der Waals surface area contributed by atoms with Crippen LogP contribution in [0.1, 0.15) is 29.0 Å². The van der Waals surface area contributed by atoms with Crippen molar-refractivity contribution in [1.29, 1.82) is 0 Å². The third-order valence-electron chi connectivity index (χ3n) is 2.85. The number of thiophene rings is 1. The zero-order valence-electron chi connectivity index (χ0n) is 10.3. The van der Waals surface area contributed by atoms with Gasteiger partial charge in [-0.05, 0) is 58.7 Å². The lowest BCUT2D eigenvalue weighted by atomic mass is 9.99. The lowest BCUT2D eigenvalue weighted by Crippen LogP contribution is -2.22. The van der Waals surface area contributed by atoms with Gasteiger partial charge in [-0.3, -0.25) is 0 Å². The van der Waals surface area contributed by atoms with Gasteiger partial charge in [0.2, 0.25) is 0 Å². The van der Waals surface area contributed by atoms with Crippen LogP contribution in [0.4, 0.5) is 4.39 Å². The van der Waals surface area contributed by atoms with E-state index in [9.17, 15) is 4.39 Å². The van der Waals surface area contributed by atoms with E-state index in [2.05, 4.69) is 41.2 Å². The van der Waals surface area contributed by atoms with Crippen LogP contribution in [-0.4, -0.2) is 6.54 Å². The van der Waals surface area contributed by atoms with Crippen LogP contribution in [0.5, 0.6) is 0 Å². The van der Waals surface area contributed by atoms with Crippen LogP contribution in [0, 0.1) is 12.7 Å². The van der Waals surface area contributed by atoms with Crippen molar-refractivity contribution in [2.75, 3.05) is 6.54 Å². The first-order chi connectivity index (χ1) is 8.61. The molecule has 0 amide bonds. The monoisotopic (exact) mass is 327 g/mol. The molecule has 0 aliphatic carbocycles. The van der Waals surface area contributed by atoms with Gasteiger partial charge in [0.1, 0.15) is 5.82 Å². The van der Waals surface area contributed by atoms with Crippen LogP contribution in [0.25, 0.3) is 0 Å². The Kier molecular flexibility index (Phi) is 4.54. The molecule has 2 rings (SSSR count). The Balaban J connectivity index is 2.39. The second-order valence-corrected chi connectivity index (χ2v) is 6.74. The molecule has 1 aromatic heterocycles. The largest absolute Gasteiger partial charge is 0.306 e. The number of hydrogen-bond donors (Lipinski definition) is 1. The van der Waals surface area contributed by atoms with Gasteiger partial charge in [-0.15, -0.1) is 11.3 Å². The molecule has 2 aromatic rings. The number of halogens is 2. The summed E-state index contributed by atoms with van der Waals surface area (Å²) < 4.78 is 14.1. The molecule has 18 heavy (non-hydrogen) atoms. The minimum absolute atomic E-state index is 0.123. The molecule has 1 aromatic carbocycles. The number of nitrogens with one attached hydrogen (secondary N) is 1. The first-order valence-electron chi connectivity index (χ1n) is 5.86. The fraction of sp³-hybridized carbons (Fsp3) is 0.286. The molecular weight excluding hydrogens is 313 g/mol. The third-order valence-corrected chi connectivity index (χ3v) is 4.42. The Morgan fingerprint density at radius 3 is 2.50 bits per heavy atom. The first kappa shape index (κ1) is 13.7. The summed E-state index contributed by atoms with van der Waals surface area (Å²) in [5, 5.41) is 3.45. The van der Waals surface area contributed by atoms with Gasteiger partial charge in [0.15, 0.2) is 0 Å². The van der Waals surface area contributed by atoms with Crippen molar-refractivity contribution in [3.63, 3.8) is 0 Å². The van der Waals surface area contributed by atoms with Gasteiger partial charge in [0, 0.05) is 4.88 Å². The molecule has 1 atom stereocenters. The number of rotatable bonds is 4. The smallest absolute Gasteiger partial charge is 0.123 e. The summed E-state index contributed by atoms with van der Waals surface area (Å²) in [6, 6.07) is 8.96. The Morgan fingerprint density at radius 1 is 1.33 bits per heavy atom. The van der Waals surface area contributed by atoms with Crippen molar-refractivity contribution < 1.29 is 4.39 Å². The maximum absolute atomic E-state index is 13.0. The summed E-state index contributed by atoms with van der Waals surface area (Å²) in [6.45, 7) is 5.06. The van der Waals surface area contributed by atoms with E-state index in [1.54, 1.807) is 11.3 Å². The molecule has 4 heteroatoms. The van der Waals surface area contributed by atoms with Crippen LogP contribution < -0.4 is 5.32 Å². The third kappa shape index (κ3) is 2.99. The topological polar surface area (TPSA) is 12.0 Å². The minimum atomic E-state index is -0.197. The second-order valence-electron chi connectivity index (χ2n) is 4.10. The van der Waals surface area contributed by atoms with E-state index in [1.807, 2.05) is 12.1 Å².